The molecular formula is C24H32N6OS. The third-order valence-corrected chi connectivity index (χ3v) is 6.41. The van der Waals surface area contributed by atoms with Gasteiger partial charge >= 0.3 is 0 Å². The van der Waals surface area contributed by atoms with Crippen LogP contribution in [0.5, 0.6) is 0 Å². The average molecular weight is 453 g/mol. The topological polar surface area (TPSA) is 75.9 Å². The summed E-state index contributed by atoms with van der Waals surface area (Å²) >= 11 is 1.67. The fourth-order valence-corrected chi connectivity index (χ4v) is 4.88. The minimum atomic E-state index is -0.0621. The molecule has 8 heteroatoms. The Morgan fingerprint density at radius 3 is 2.50 bits per heavy atom. The number of nitrogens with zero attached hydrogens (tertiary/aromatic N) is 5. The van der Waals surface area contributed by atoms with Crippen LogP contribution < -0.4 is 10.2 Å². The maximum atomic E-state index is 12.6. The summed E-state index contributed by atoms with van der Waals surface area (Å²) in [6.07, 6.45) is 5.53. The lowest BCUT2D eigenvalue weighted by molar-refractivity contribution is 0.0952. The molecule has 1 aliphatic heterocycles. The normalized spacial score (nSPS) is 14.3. The maximum Gasteiger partial charge on any atom is 0.251 e. The Bertz CT molecular complexity index is 1080. The van der Waals surface area contributed by atoms with E-state index in [4.69, 9.17) is 9.97 Å². The molecule has 7 nitrogen and oxygen atoms in total. The number of carbonyl (C=O) groups is 1. The first-order chi connectivity index (χ1) is 15.4. The minimum absolute atomic E-state index is 0.0621. The monoisotopic (exact) mass is 452 g/mol. The van der Waals surface area contributed by atoms with Gasteiger partial charge in [0, 0.05) is 30.4 Å². The van der Waals surface area contributed by atoms with Crippen molar-refractivity contribution < 1.29 is 4.79 Å². The van der Waals surface area contributed by atoms with E-state index in [1.54, 1.807) is 11.8 Å². The molecule has 0 radical (unpaired) electrons. The van der Waals surface area contributed by atoms with Crippen molar-refractivity contribution in [3.8, 4) is 0 Å². The van der Waals surface area contributed by atoms with Gasteiger partial charge in [0.1, 0.15) is 5.82 Å². The van der Waals surface area contributed by atoms with Crippen molar-refractivity contribution in [2.45, 2.75) is 63.9 Å². The molecular weight excluding hydrogens is 420 g/mol. The highest BCUT2D eigenvalue weighted by molar-refractivity contribution is 7.99. The van der Waals surface area contributed by atoms with E-state index in [2.05, 4.69) is 35.2 Å². The molecule has 4 rings (SSSR count). The van der Waals surface area contributed by atoms with Gasteiger partial charge in [-0.2, -0.15) is 5.10 Å². The molecule has 0 bridgehead atoms. The van der Waals surface area contributed by atoms with Crippen molar-refractivity contribution in [1.82, 2.24) is 25.1 Å². The number of hydrogen-bond acceptors (Lipinski definition) is 6. The molecule has 3 heterocycles. The predicted molar refractivity (Wildman–Crippen MR) is 131 cm³/mol. The minimum Gasteiger partial charge on any atom is -0.356 e. The molecule has 0 spiro atoms. The number of nitrogens with one attached hydrogen (secondary N) is 1. The van der Waals surface area contributed by atoms with E-state index in [-0.39, 0.29) is 5.91 Å². The SMILES string of the molecule is Cc1cc(C)cc(C(=O)NCCn2ncc3c(N4CCCCC4)nc(SC(C)C)nc32)c1. The molecule has 1 N–H and O–H groups in total. The molecule has 2 aromatic heterocycles. The number of thioether (sulfide) groups is 1. The van der Waals surface area contributed by atoms with Crippen molar-refractivity contribution in [2.24, 2.45) is 0 Å². The molecule has 1 aliphatic rings. The predicted octanol–water partition coefficient (Wildman–Crippen LogP) is 4.36. The third-order valence-electron chi connectivity index (χ3n) is 5.55. The van der Waals surface area contributed by atoms with Crippen molar-refractivity contribution in [2.75, 3.05) is 24.5 Å². The van der Waals surface area contributed by atoms with Crippen LogP contribution in [0.1, 0.15) is 54.6 Å². The van der Waals surface area contributed by atoms with Gasteiger partial charge in [-0.15, -0.1) is 0 Å². The Morgan fingerprint density at radius 1 is 1.09 bits per heavy atom. The first-order valence-corrected chi connectivity index (χ1v) is 12.3. The molecule has 1 aromatic carbocycles. The fraction of sp³-hybridized carbons (Fsp3) is 0.500. The first-order valence-electron chi connectivity index (χ1n) is 11.4. The standard InChI is InChI=1S/C24H32N6OS/c1-16(2)32-24-27-21(29-9-6-5-7-10-29)20-15-26-30(22(20)28-24)11-8-25-23(31)19-13-17(3)12-18(4)14-19/h12-16H,5-11H2,1-4H3,(H,25,31). The average Bonchev–Trinajstić information content (AvgIpc) is 3.15. The summed E-state index contributed by atoms with van der Waals surface area (Å²) in [7, 11) is 0. The molecule has 0 unspecified atom stereocenters. The van der Waals surface area contributed by atoms with Crippen LogP contribution >= 0.6 is 11.8 Å². The summed E-state index contributed by atoms with van der Waals surface area (Å²) in [4.78, 5) is 24.7. The lowest BCUT2D eigenvalue weighted by Crippen LogP contribution is -2.30. The lowest BCUT2D eigenvalue weighted by Gasteiger charge is -2.28. The number of fused-ring (bicyclic) bond motifs is 1. The zero-order valence-electron chi connectivity index (χ0n) is 19.4. The van der Waals surface area contributed by atoms with Gasteiger partial charge in [0.2, 0.25) is 0 Å². The van der Waals surface area contributed by atoms with E-state index in [1.165, 1.54) is 19.3 Å². The third kappa shape index (κ3) is 5.23. The Labute approximate surface area is 194 Å². The van der Waals surface area contributed by atoms with Crippen LogP contribution in [0.4, 0.5) is 5.82 Å². The number of carbonyl (C=O) groups excluding carboxylic acids is 1. The number of anilines is 1. The van der Waals surface area contributed by atoms with Crippen LogP contribution in [0.15, 0.2) is 29.6 Å². The summed E-state index contributed by atoms with van der Waals surface area (Å²) in [6.45, 7) is 11.4. The van der Waals surface area contributed by atoms with Gasteiger partial charge in [0.15, 0.2) is 10.8 Å². The highest BCUT2D eigenvalue weighted by atomic mass is 32.2. The van der Waals surface area contributed by atoms with Crippen molar-refractivity contribution in [3.63, 3.8) is 0 Å². The van der Waals surface area contributed by atoms with Crippen LogP contribution in [-0.2, 0) is 6.54 Å². The van der Waals surface area contributed by atoms with Crippen LogP contribution in [-0.4, -0.2) is 50.5 Å². The number of amides is 1. The van der Waals surface area contributed by atoms with E-state index < -0.39 is 0 Å². The molecule has 0 saturated carbocycles. The van der Waals surface area contributed by atoms with E-state index in [0.717, 1.165) is 46.2 Å². The van der Waals surface area contributed by atoms with Gasteiger partial charge in [-0.1, -0.05) is 42.8 Å². The molecule has 0 atom stereocenters. The molecule has 1 amide bonds. The van der Waals surface area contributed by atoms with E-state index in [9.17, 15) is 4.79 Å². The summed E-state index contributed by atoms with van der Waals surface area (Å²) in [5, 5.41) is 9.79. The Kier molecular flexibility index (Phi) is 6.98. The zero-order valence-corrected chi connectivity index (χ0v) is 20.2. The van der Waals surface area contributed by atoms with Crippen LogP contribution in [0, 0.1) is 13.8 Å². The number of hydrogen-bond donors (Lipinski definition) is 1. The Hall–Kier alpha value is -2.61. The Morgan fingerprint density at radius 2 is 1.81 bits per heavy atom. The molecule has 0 aliphatic carbocycles. The number of aromatic nitrogens is 4. The van der Waals surface area contributed by atoms with Gasteiger partial charge in [-0.25, -0.2) is 14.6 Å². The van der Waals surface area contributed by atoms with Crippen LogP contribution in [0.2, 0.25) is 0 Å². The van der Waals surface area contributed by atoms with E-state index >= 15 is 0 Å². The summed E-state index contributed by atoms with van der Waals surface area (Å²) < 4.78 is 1.89. The smallest absolute Gasteiger partial charge is 0.251 e. The summed E-state index contributed by atoms with van der Waals surface area (Å²) in [6, 6.07) is 5.90. The second-order valence-corrected chi connectivity index (χ2v) is 10.3. The second kappa shape index (κ2) is 9.90. The van der Waals surface area contributed by atoms with Crippen LogP contribution in [0.3, 0.4) is 0 Å². The fourth-order valence-electron chi connectivity index (χ4n) is 4.18. The van der Waals surface area contributed by atoms with Gasteiger partial charge < -0.3 is 10.2 Å². The second-order valence-electron chi connectivity index (χ2n) is 8.78. The number of benzene rings is 1. The molecule has 1 saturated heterocycles. The van der Waals surface area contributed by atoms with Gasteiger partial charge in [-0.3, -0.25) is 4.79 Å². The summed E-state index contributed by atoms with van der Waals surface area (Å²) in [5.74, 6) is 0.927. The first kappa shape index (κ1) is 22.6. The molecule has 1 fully saturated rings. The van der Waals surface area contributed by atoms with Gasteiger partial charge in [0.05, 0.1) is 18.1 Å². The molecule has 3 aromatic rings. The van der Waals surface area contributed by atoms with Crippen molar-refractivity contribution in [1.29, 1.82) is 0 Å². The lowest BCUT2D eigenvalue weighted by atomic mass is 10.1. The summed E-state index contributed by atoms with van der Waals surface area (Å²) in [5.41, 5.74) is 3.71. The number of piperidine rings is 1. The molecule has 32 heavy (non-hydrogen) atoms. The highest BCUT2D eigenvalue weighted by Crippen LogP contribution is 2.30. The van der Waals surface area contributed by atoms with E-state index in [0.29, 0.717) is 23.9 Å². The molecule has 170 valence electrons. The van der Waals surface area contributed by atoms with Gasteiger partial charge in [-0.05, 0) is 45.2 Å². The van der Waals surface area contributed by atoms with Crippen LogP contribution in [0.25, 0.3) is 11.0 Å². The van der Waals surface area contributed by atoms with Crippen molar-refractivity contribution >= 4 is 34.5 Å². The largest absolute Gasteiger partial charge is 0.356 e. The maximum absolute atomic E-state index is 12.6. The van der Waals surface area contributed by atoms with E-state index in [1.807, 2.05) is 36.9 Å². The van der Waals surface area contributed by atoms with Crippen molar-refractivity contribution in [3.05, 3.63) is 41.1 Å². The number of aryl methyl sites for hydroxylation is 2. The highest BCUT2D eigenvalue weighted by Gasteiger charge is 2.20. The zero-order chi connectivity index (χ0) is 22.7. The Balaban J connectivity index is 1.54. The number of rotatable bonds is 7. The quantitative estimate of drug-likeness (QED) is 0.424. The van der Waals surface area contributed by atoms with Gasteiger partial charge in [0.25, 0.3) is 5.91 Å².